The summed E-state index contributed by atoms with van der Waals surface area (Å²) in [6, 6.07) is 3.25. The number of carbonyl (C=O) groups is 3. The number of amides is 3. The lowest BCUT2D eigenvalue weighted by molar-refractivity contribution is -0.140. The molecule has 156 valence electrons. The Balaban J connectivity index is 0.00000280. The van der Waals surface area contributed by atoms with Crippen LogP contribution in [0.3, 0.4) is 0 Å². The second-order valence-electron chi connectivity index (χ2n) is 7.19. The van der Waals surface area contributed by atoms with E-state index in [1.807, 2.05) is 17.5 Å². The van der Waals surface area contributed by atoms with Crippen LogP contribution in [0.1, 0.15) is 41.8 Å². The third-order valence-electron chi connectivity index (χ3n) is 5.33. The first-order valence-corrected chi connectivity index (χ1v) is 10.6. The Kier molecular flexibility index (Phi) is 8.72. The van der Waals surface area contributed by atoms with E-state index in [1.54, 1.807) is 9.80 Å². The van der Waals surface area contributed by atoms with Crippen LogP contribution in [0.2, 0.25) is 0 Å². The number of hydrogen-bond donors (Lipinski definition) is 2. The van der Waals surface area contributed by atoms with Gasteiger partial charge in [-0.2, -0.15) is 0 Å². The van der Waals surface area contributed by atoms with E-state index in [0.29, 0.717) is 44.0 Å². The summed E-state index contributed by atoms with van der Waals surface area (Å²) in [5.41, 5.74) is 5.45. The summed E-state index contributed by atoms with van der Waals surface area (Å²) in [5, 5.41) is 4.70. The SMILES string of the molecule is Cl.NCCNC(=O)C1CCCN(C(=O)C2CCCCN2C(=O)c2cccs2)C1. The van der Waals surface area contributed by atoms with Gasteiger partial charge in [-0.15, -0.1) is 23.7 Å². The Morgan fingerprint density at radius 2 is 2.00 bits per heavy atom. The summed E-state index contributed by atoms with van der Waals surface area (Å²) in [5.74, 6) is -0.305. The Labute approximate surface area is 176 Å². The number of nitrogens with zero attached hydrogens (tertiary/aromatic N) is 2. The maximum atomic E-state index is 13.2. The minimum Gasteiger partial charge on any atom is -0.355 e. The lowest BCUT2D eigenvalue weighted by Crippen LogP contribution is -2.55. The summed E-state index contributed by atoms with van der Waals surface area (Å²) in [4.78, 5) is 42.5. The molecule has 0 aliphatic carbocycles. The number of hydrogen-bond acceptors (Lipinski definition) is 5. The normalized spacial score (nSPS) is 22.3. The first-order valence-electron chi connectivity index (χ1n) is 9.73. The van der Waals surface area contributed by atoms with Gasteiger partial charge in [0.1, 0.15) is 6.04 Å². The molecule has 0 saturated carbocycles. The van der Waals surface area contributed by atoms with Crippen molar-refractivity contribution in [2.24, 2.45) is 11.7 Å². The van der Waals surface area contributed by atoms with Crippen LogP contribution in [0, 0.1) is 5.92 Å². The van der Waals surface area contributed by atoms with E-state index in [0.717, 1.165) is 25.7 Å². The van der Waals surface area contributed by atoms with Crippen molar-refractivity contribution in [1.82, 2.24) is 15.1 Å². The quantitative estimate of drug-likeness (QED) is 0.742. The summed E-state index contributed by atoms with van der Waals surface area (Å²) in [6.07, 6.45) is 4.14. The Bertz CT molecular complexity index is 670. The number of halogens is 1. The molecule has 0 bridgehead atoms. The van der Waals surface area contributed by atoms with E-state index < -0.39 is 6.04 Å². The highest BCUT2D eigenvalue weighted by Crippen LogP contribution is 2.25. The number of piperidine rings is 2. The van der Waals surface area contributed by atoms with E-state index in [4.69, 9.17) is 5.73 Å². The van der Waals surface area contributed by atoms with Gasteiger partial charge in [0.25, 0.3) is 5.91 Å². The van der Waals surface area contributed by atoms with E-state index >= 15 is 0 Å². The van der Waals surface area contributed by atoms with Crippen LogP contribution in [0.4, 0.5) is 0 Å². The highest BCUT2D eigenvalue weighted by atomic mass is 35.5. The molecule has 3 heterocycles. The fraction of sp³-hybridized carbons (Fsp3) is 0.632. The van der Waals surface area contributed by atoms with Crippen molar-refractivity contribution in [3.05, 3.63) is 22.4 Å². The molecule has 7 nitrogen and oxygen atoms in total. The van der Waals surface area contributed by atoms with Gasteiger partial charge in [-0.25, -0.2) is 0 Å². The Hall–Kier alpha value is -1.64. The molecule has 0 spiro atoms. The molecule has 9 heteroatoms. The minimum absolute atomic E-state index is 0. The van der Waals surface area contributed by atoms with Gasteiger partial charge < -0.3 is 20.9 Å². The Morgan fingerprint density at radius 1 is 1.18 bits per heavy atom. The lowest BCUT2D eigenvalue weighted by Gasteiger charge is -2.40. The molecular weight excluding hydrogens is 400 g/mol. The van der Waals surface area contributed by atoms with Crippen molar-refractivity contribution in [3.8, 4) is 0 Å². The molecule has 2 unspecified atom stereocenters. The molecule has 2 aliphatic rings. The molecule has 28 heavy (non-hydrogen) atoms. The number of thiophene rings is 1. The van der Waals surface area contributed by atoms with Crippen LogP contribution in [-0.2, 0) is 9.59 Å². The highest BCUT2D eigenvalue weighted by molar-refractivity contribution is 7.12. The maximum absolute atomic E-state index is 13.2. The molecule has 2 saturated heterocycles. The van der Waals surface area contributed by atoms with Gasteiger partial charge >= 0.3 is 0 Å². The van der Waals surface area contributed by atoms with Crippen LogP contribution in [0.15, 0.2) is 17.5 Å². The predicted octanol–water partition coefficient (Wildman–Crippen LogP) is 1.48. The van der Waals surface area contributed by atoms with Crippen LogP contribution >= 0.6 is 23.7 Å². The van der Waals surface area contributed by atoms with Gasteiger partial charge in [-0.1, -0.05) is 6.07 Å². The number of nitrogens with one attached hydrogen (secondary N) is 1. The standard InChI is InChI=1S/C19H28N4O3S.ClH/c20-8-9-21-17(24)14-5-3-10-22(13-14)18(25)15-6-1-2-11-23(15)19(26)16-7-4-12-27-16;/h4,7,12,14-15H,1-3,5-6,8-11,13,20H2,(H,21,24);1H. The predicted molar refractivity (Wildman–Crippen MR) is 112 cm³/mol. The van der Waals surface area contributed by atoms with Crippen molar-refractivity contribution in [2.45, 2.75) is 38.1 Å². The van der Waals surface area contributed by atoms with Crippen LogP contribution < -0.4 is 11.1 Å². The van der Waals surface area contributed by atoms with Gasteiger partial charge in [-0.3, -0.25) is 14.4 Å². The molecular formula is C19H29ClN4O3S. The van der Waals surface area contributed by atoms with Crippen molar-refractivity contribution in [2.75, 3.05) is 32.7 Å². The van der Waals surface area contributed by atoms with Crippen molar-refractivity contribution >= 4 is 41.5 Å². The average molecular weight is 429 g/mol. The van der Waals surface area contributed by atoms with Crippen molar-refractivity contribution in [3.63, 3.8) is 0 Å². The van der Waals surface area contributed by atoms with E-state index in [9.17, 15) is 14.4 Å². The average Bonchev–Trinajstić information content (AvgIpc) is 3.26. The summed E-state index contributed by atoms with van der Waals surface area (Å²) in [7, 11) is 0. The van der Waals surface area contributed by atoms with E-state index in [-0.39, 0.29) is 36.0 Å². The third-order valence-corrected chi connectivity index (χ3v) is 6.19. The first kappa shape index (κ1) is 22.6. The molecule has 3 amide bonds. The zero-order valence-corrected chi connectivity index (χ0v) is 17.6. The smallest absolute Gasteiger partial charge is 0.264 e. The zero-order valence-electron chi connectivity index (χ0n) is 16.0. The van der Waals surface area contributed by atoms with Crippen LogP contribution in [-0.4, -0.2) is 66.3 Å². The topological polar surface area (TPSA) is 95.7 Å². The van der Waals surface area contributed by atoms with Crippen molar-refractivity contribution < 1.29 is 14.4 Å². The minimum atomic E-state index is -0.417. The number of rotatable bonds is 5. The molecule has 2 fully saturated rings. The maximum Gasteiger partial charge on any atom is 0.264 e. The zero-order chi connectivity index (χ0) is 19.2. The van der Waals surface area contributed by atoms with Gasteiger partial charge in [0.15, 0.2) is 0 Å². The van der Waals surface area contributed by atoms with Crippen LogP contribution in [0.25, 0.3) is 0 Å². The van der Waals surface area contributed by atoms with Gasteiger partial charge in [0, 0.05) is 32.7 Å². The fourth-order valence-corrected chi connectivity index (χ4v) is 4.59. The Morgan fingerprint density at radius 3 is 2.71 bits per heavy atom. The van der Waals surface area contributed by atoms with Gasteiger partial charge in [-0.05, 0) is 43.6 Å². The monoisotopic (exact) mass is 428 g/mol. The molecule has 1 aromatic rings. The highest BCUT2D eigenvalue weighted by Gasteiger charge is 2.37. The second-order valence-corrected chi connectivity index (χ2v) is 8.14. The van der Waals surface area contributed by atoms with Gasteiger partial charge in [0.2, 0.25) is 11.8 Å². The lowest BCUT2D eigenvalue weighted by atomic mass is 9.94. The summed E-state index contributed by atoms with van der Waals surface area (Å²) >= 11 is 1.41. The second kappa shape index (κ2) is 10.8. The molecule has 0 radical (unpaired) electrons. The molecule has 2 atom stereocenters. The van der Waals surface area contributed by atoms with Gasteiger partial charge in [0.05, 0.1) is 10.8 Å². The third kappa shape index (κ3) is 5.24. The number of carbonyl (C=O) groups excluding carboxylic acids is 3. The summed E-state index contributed by atoms with van der Waals surface area (Å²) < 4.78 is 0. The van der Waals surface area contributed by atoms with E-state index in [2.05, 4.69) is 5.32 Å². The van der Waals surface area contributed by atoms with Crippen LogP contribution in [0.5, 0.6) is 0 Å². The van der Waals surface area contributed by atoms with Crippen molar-refractivity contribution in [1.29, 1.82) is 0 Å². The number of likely N-dealkylation sites (tertiary alicyclic amines) is 2. The first-order chi connectivity index (χ1) is 13.1. The molecule has 1 aromatic heterocycles. The summed E-state index contributed by atoms with van der Waals surface area (Å²) in [6.45, 7) is 2.54. The molecule has 2 aliphatic heterocycles. The fourth-order valence-electron chi connectivity index (χ4n) is 3.91. The molecule has 3 rings (SSSR count). The molecule has 0 aromatic carbocycles. The molecule has 3 N–H and O–H groups in total. The largest absolute Gasteiger partial charge is 0.355 e. The van der Waals surface area contributed by atoms with E-state index in [1.165, 1.54) is 11.3 Å². The number of nitrogens with two attached hydrogens (primary N) is 1.